The fraction of sp³-hybridized carbons (Fsp3) is 0.243. The van der Waals surface area contributed by atoms with Crippen LogP contribution in [0.4, 0.5) is 39.8 Å². The second-order valence-corrected chi connectivity index (χ2v) is 15.0. The molecule has 9 N–H and O–H groups in total. The van der Waals surface area contributed by atoms with Crippen LogP contribution in [0, 0.1) is 20.8 Å². The Morgan fingerprint density at radius 3 is 1.85 bits per heavy atom. The first-order valence-electron chi connectivity index (χ1n) is 17.3. The number of nitrogen functional groups attached to an aromatic ring is 1. The number of aryl methyl sites for hydroxylation is 3. The molecule has 0 amide bonds. The molecule has 2 atom stereocenters. The van der Waals surface area contributed by atoms with Crippen molar-refractivity contribution in [3.63, 3.8) is 0 Å². The lowest BCUT2D eigenvalue weighted by Crippen LogP contribution is -2.21. The van der Waals surface area contributed by atoms with Gasteiger partial charge in [0.05, 0.1) is 52.9 Å². The number of rotatable bonds is 18. The molecular weight excluding hydrogens is 815 g/mol. The van der Waals surface area contributed by atoms with E-state index in [9.17, 15) is 38.5 Å². The number of ether oxygens (including phenoxy) is 2. The highest BCUT2D eigenvalue weighted by Crippen LogP contribution is 2.46. The standard InChI is InChI=1S/C37H39N7O13S2/c1-19-5-4-6-23(7-19)39-40-28-13-32(54-17-24(47)15-45)30(8-20(28)2)42-41-29-14-33(55-18-25(48)16-46)31(9-21(29)3)43-44-36-34(58-57-56-50)10-22-11-35(59(51,52)53)27(38)12-26(22)37(36)49/h4-14,24-25,45-50H,15-18,38H2,1-3H3,(H,51,52,53). The first-order chi connectivity index (χ1) is 28.1. The number of aliphatic hydroxyl groups excluding tert-OH is 4. The maximum absolute atomic E-state index is 11.9. The summed E-state index contributed by atoms with van der Waals surface area (Å²) in [5.74, 6) is -0.379. The van der Waals surface area contributed by atoms with Crippen molar-refractivity contribution in [1.29, 1.82) is 0 Å². The Hall–Kier alpha value is -5.66. The molecule has 20 nitrogen and oxygen atoms in total. The Morgan fingerprint density at radius 1 is 0.746 bits per heavy atom. The lowest BCUT2D eigenvalue weighted by Gasteiger charge is -2.14. The Kier molecular flexibility index (Phi) is 15.0. The Balaban J connectivity index is 1.56. The Bertz CT molecular complexity index is 2520. The Labute approximate surface area is 340 Å². The number of nitrogens with two attached hydrogens (primary N) is 1. The van der Waals surface area contributed by atoms with Gasteiger partial charge < -0.3 is 40.7 Å². The molecule has 59 heavy (non-hydrogen) atoms. The number of aliphatic hydroxyl groups is 4. The van der Waals surface area contributed by atoms with Crippen LogP contribution in [0.15, 0.2) is 107 Å². The van der Waals surface area contributed by atoms with Gasteiger partial charge in [-0.3, -0.25) is 4.55 Å². The van der Waals surface area contributed by atoms with Gasteiger partial charge in [0.1, 0.15) is 58.9 Å². The van der Waals surface area contributed by atoms with Crippen LogP contribution in [0.25, 0.3) is 10.8 Å². The molecule has 312 valence electrons. The van der Waals surface area contributed by atoms with E-state index in [0.717, 1.165) is 17.7 Å². The third-order valence-electron chi connectivity index (χ3n) is 8.25. The topological polar surface area (TPSA) is 313 Å². The fourth-order valence-corrected chi connectivity index (χ4v) is 6.37. The average molecular weight is 854 g/mol. The second-order valence-electron chi connectivity index (χ2n) is 12.8. The zero-order valence-corrected chi connectivity index (χ0v) is 33.1. The zero-order chi connectivity index (χ0) is 42.9. The molecule has 0 aliphatic heterocycles. The summed E-state index contributed by atoms with van der Waals surface area (Å²) in [7, 11) is -4.74. The van der Waals surface area contributed by atoms with Crippen molar-refractivity contribution in [2.45, 2.75) is 42.8 Å². The number of aromatic hydroxyl groups is 1. The van der Waals surface area contributed by atoms with Crippen molar-refractivity contribution in [2.24, 2.45) is 30.7 Å². The summed E-state index contributed by atoms with van der Waals surface area (Å²) in [4.78, 5) is -0.660. The first kappa shape index (κ1) is 44.4. The molecule has 0 bridgehead atoms. The minimum Gasteiger partial charge on any atom is -0.505 e. The van der Waals surface area contributed by atoms with Gasteiger partial charge in [-0.05, 0) is 85.3 Å². The predicted molar refractivity (Wildman–Crippen MR) is 214 cm³/mol. The number of nitrogens with zero attached hydrogens (tertiary/aromatic N) is 6. The van der Waals surface area contributed by atoms with E-state index in [1.54, 1.807) is 32.0 Å². The van der Waals surface area contributed by atoms with E-state index >= 15 is 0 Å². The number of azo groups is 3. The molecule has 0 radical (unpaired) electrons. The van der Waals surface area contributed by atoms with Gasteiger partial charge in [-0.15, -0.1) is 19.7 Å². The zero-order valence-electron chi connectivity index (χ0n) is 31.5. The van der Waals surface area contributed by atoms with E-state index < -0.39 is 46.2 Å². The quantitative estimate of drug-likeness (QED) is 0.0106. The number of fused-ring (bicyclic) bond motifs is 1. The van der Waals surface area contributed by atoms with Crippen LogP contribution in [-0.2, 0) is 19.5 Å². The monoisotopic (exact) mass is 853 g/mol. The summed E-state index contributed by atoms with van der Waals surface area (Å²) in [6.45, 7) is 3.56. The van der Waals surface area contributed by atoms with Crippen molar-refractivity contribution in [1.82, 2.24) is 0 Å². The molecule has 5 rings (SSSR count). The smallest absolute Gasteiger partial charge is 0.296 e. The SMILES string of the molecule is Cc1cccc(N=Nc2cc(OCC(O)CO)c(N=Nc3cc(OCC(O)CO)c(N=Nc4c(SOOO)cc5cc(S(=O)(=O)O)c(N)cc5c4O)cc3C)cc2C)c1. The first-order valence-corrected chi connectivity index (χ1v) is 19.5. The van der Waals surface area contributed by atoms with Crippen molar-refractivity contribution in [2.75, 3.05) is 32.2 Å². The number of benzene rings is 5. The highest BCUT2D eigenvalue weighted by Gasteiger charge is 2.21. The molecule has 0 aliphatic carbocycles. The lowest BCUT2D eigenvalue weighted by atomic mass is 10.1. The molecule has 0 saturated carbocycles. The second kappa shape index (κ2) is 19.9. The summed E-state index contributed by atoms with van der Waals surface area (Å²) in [5.41, 5.74) is 8.99. The molecule has 0 heterocycles. The van der Waals surface area contributed by atoms with E-state index in [0.29, 0.717) is 34.5 Å². The minimum atomic E-state index is -4.74. The Morgan fingerprint density at radius 2 is 1.31 bits per heavy atom. The van der Waals surface area contributed by atoms with Gasteiger partial charge in [0.15, 0.2) is 5.75 Å². The van der Waals surface area contributed by atoms with Crippen LogP contribution in [0.5, 0.6) is 17.2 Å². The van der Waals surface area contributed by atoms with E-state index in [-0.39, 0.29) is 68.8 Å². The molecule has 0 aromatic heterocycles. The highest BCUT2D eigenvalue weighted by molar-refractivity contribution is 7.94. The maximum Gasteiger partial charge on any atom is 0.296 e. The van der Waals surface area contributed by atoms with Gasteiger partial charge in [-0.2, -0.15) is 23.8 Å². The third kappa shape index (κ3) is 11.5. The number of hydrogen-bond donors (Lipinski definition) is 8. The molecule has 0 aliphatic rings. The molecule has 5 aromatic rings. The summed E-state index contributed by atoms with van der Waals surface area (Å²) in [6, 6.07) is 17.0. The number of phenolic OH excluding ortho intramolecular Hbond substituents is 1. The summed E-state index contributed by atoms with van der Waals surface area (Å²) in [5, 5.41) is 88.6. The van der Waals surface area contributed by atoms with E-state index in [2.05, 4.69) is 40.1 Å². The summed E-state index contributed by atoms with van der Waals surface area (Å²) in [6.07, 6.45) is -2.47. The van der Waals surface area contributed by atoms with Crippen LogP contribution in [0.1, 0.15) is 16.7 Å². The molecule has 2 unspecified atom stereocenters. The normalized spacial score (nSPS) is 13.2. The van der Waals surface area contributed by atoms with Gasteiger partial charge in [0.2, 0.25) is 0 Å². The number of anilines is 1. The van der Waals surface area contributed by atoms with Gasteiger partial charge in [-0.25, -0.2) is 5.26 Å². The van der Waals surface area contributed by atoms with E-state index in [1.165, 1.54) is 18.2 Å². The average Bonchev–Trinajstić information content (AvgIpc) is 3.20. The highest BCUT2D eigenvalue weighted by atomic mass is 32.2. The maximum atomic E-state index is 11.9. The van der Waals surface area contributed by atoms with Crippen LogP contribution in [-0.4, -0.2) is 82.4 Å². The molecular formula is C37H39N7O13S2. The fourth-order valence-electron chi connectivity index (χ4n) is 5.24. The van der Waals surface area contributed by atoms with Crippen molar-refractivity contribution in [3.05, 3.63) is 83.4 Å². The van der Waals surface area contributed by atoms with Gasteiger partial charge in [0, 0.05) is 17.5 Å². The molecule has 0 fully saturated rings. The number of hydrogen-bond acceptors (Lipinski definition) is 20. The molecule has 22 heteroatoms. The van der Waals surface area contributed by atoms with E-state index in [4.69, 9.17) is 20.5 Å². The van der Waals surface area contributed by atoms with Crippen molar-refractivity contribution < 1.29 is 62.6 Å². The molecule has 0 saturated heterocycles. The van der Waals surface area contributed by atoms with Crippen LogP contribution in [0.2, 0.25) is 0 Å². The minimum absolute atomic E-state index is 0.00195. The van der Waals surface area contributed by atoms with Crippen LogP contribution in [0.3, 0.4) is 0 Å². The van der Waals surface area contributed by atoms with Gasteiger partial charge in [0.25, 0.3) is 10.1 Å². The third-order valence-corrected chi connectivity index (χ3v) is 9.78. The summed E-state index contributed by atoms with van der Waals surface area (Å²) < 4.78 is 49.5. The van der Waals surface area contributed by atoms with Crippen molar-refractivity contribution >= 4 is 72.7 Å². The predicted octanol–water partition coefficient (Wildman–Crippen LogP) is 7.44. The lowest BCUT2D eigenvalue weighted by molar-refractivity contribution is -0.432. The van der Waals surface area contributed by atoms with Gasteiger partial charge >= 0.3 is 0 Å². The van der Waals surface area contributed by atoms with Gasteiger partial charge in [-0.1, -0.05) is 17.2 Å². The molecule has 0 spiro atoms. The number of phenols is 1. The van der Waals surface area contributed by atoms with Crippen molar-refractivity contribution in [3.8, 4) is 17.2 Å². The summed E-state index contributed by atoms with van der Waals surface area (Å²) >= 11 is 0.375. The van der Waals surface area contributed by atoms with E-state index in [1.807, 2.05) is 25.1 Å². The van der Waals surface area contributed by atoms with Crippen LogP contribution < -0.4 is 15.2 Å². The largest absolute Gasteiger partial charge is 0.505 e. The molecule has 5 aromatic carbocycles. The van der Waals surface area contributed by atoms with Crippen LogP contribution >= 0.6 is 12.0 Å².